The van der Waals surface area contributed by atoms with E-state index in [0.717, 1.165) is 63.4 Å². The van der Waals surface area contributed by atoms with Crippen LogP contribution in [0.2, 0.25) is 0 Å². The van der Waals surface area contributed by atoms with Crippen LogP contribution in [-0.2, 0) is 4.79 Å². The molecule has 0 atom stereocenters. The minimum Gasteiger partial charge on any atom is -0.490 e. The van der Waals surface area contributed by atoms with E-state index >= 15 is 0 Å². The van der Waals surface area contributed by atoms with Crippen molar-refractivity contribution in [1.29, 1.82) is 0 Å². The van der Waals surface area contributed by atoms with Crippen molar-refractivity contribution in [1.82, 2.24) is 15.5 Å². The van der Waals surface area contributed by atoms with Gasteiger partial charge in [-0.3, -0.25) is 9.79 Å². The Bertz CT molecular complexity index is 599. The monoisotopic (exact) mass is 486 g/mol. The summed E-state index contributed by atoms with van der Waals surface area (Å²) in [5.41, 5.74) is 0. The molecule has 0 unspecified atom stereocenters. The summed E-state index contributed by atoms with van der Waals surface area (Å²) in [6, 6.07) is 10.5. The largest absolute Gasteiger partial charge is 0.490 e. The number of rotatable bonds is 7. The Hall–Kier alpha value is -1.51. The van der Waals surface area contributed by atoms with Gasteiger partial charge < -0.3 is 20.3 Å². The number of aliphatic imine (C=N–C) groups is 1. The first-order valence-electron chi connectivity index (χ1n) is 9.71. The SMILES string of the molecule is CN=C(NCCCC(=O)NC1CC1)N1CCC(Oc2ccccc2)CC1.I. The van der Waals surface area contributed by atoms with Gasteiger partial charge in [0.1, 0.15) is 11.9 Å². The standard InChI is InChI=1S/C20H30N4O2.HI/c1-21-20(22-13-5-8-19(25)23-16-9-10-16)24-14-11-18(12-15-24)26-17-6-3-2-4-7-17;/h2-4,6-7,16,18H,5,8-15H2,1H3,(H,21,22)(H,23,25);1H. The van der Waals surface area contributed by atoms with Gasteiger partial charge in [-0.15, -0.1) is 24.0 Å². The highest BCUT2D eigenvalue weighted by molar-refractivity contribution is 14.0. The Labute approximate surface area is 179 Å². The zero-order valence-corrected chi connectivity index (χ0v) is 18.4. The minimum absolute atomic E-state index is 0. The van der Waals surface area contributed by atoms with Crippen molar-refractivity contribution in [2.75, 3.05) is 26.7 Å². The molecule has 2 N–H and O–H groups in total. The number of likely N-dealkylation sites (tertiary alicyclic amines) is 1. The van der Waals surface area contributed by atoms with E-state index in [1.807, 2.05) is 37.4 Å². The maximum Gasteiger partial charge on any atom is 0.220 e. The van der Waals surface area contributed by atoms with Crippen LogP contribution in [0.5, 0.6) is 5.75 Å². The lowest BCUT2D eigenvalue weighted by molar-refractivity contribution is -0.121. The number of carbonyl (C=O) groups is 1. The van der Waals surface area contributed by atoms with Crippen molar-refractivity contribution >= 4 is 35.8 Å². The number of amides is 1. The lowest BCUT2D eigenvalue weighted by Crippen LogP contribution is -2.47. The van der Waals surface area contributed by atoms with Crippen LogP contribution in [0.25, 0.3) is 0 Å². The van der Waals surface area contributed by atoms with Crippen molar-refractivity contribution in [3.63, 3.8) is 0 Å². The van der Waals surface area contributed by atoms with E-state index in [4.69, 9.17) is 4.74 Å². The Morgan fingerprint density at radius 2 is 1.89 bits per heavy atom. The van der Waals surface area contributed by atoms with Crippen molar-refractivity contribution in [2.24, 2.45) is 4.99 Å². The van der Waals surface area contributed by atoms with E-state index in [0.29, 0.717) is 12.5 Å². The number of guanidine groups is 1. The van der Waals surface area contributed by atoms with Gasteiger partial charge in [0.15, 0.2) is 5.96 Å². The molecule has 27 heavy (non-hydrogen) atoms. The van der Waals surface area contributed by atoms with Crippen molar-refractivity contribution in [2.45, 2.75) is 50.7 Å². The summed E-state index contributed by atoms with van der Waals surface area (Å²) in [4.78, 5) is 18.4. The topological polar surface area (TPSA) is 66.0 Å². The molecule has 0 bridgehead atoms. The van der Waals surface area contributed by atoms with Gasteiger partial charge in [0.2, 0.25) is 5.91 Å². The molecule has 3 rings (SSSR count). The van der Waals surface area contributed by atoms with Gasteiger partial charge >= 0.3 is 0 Å². The summed E-state index contributed by atoms with van der Waals surface area (Å²) >= 11 is 0. The second-order valence-corrected chi connectivity index (χ2v) is 7.04. The maximum absolute atomic E-state index is 11.7. The number of carbonyl (C=O) groups excluding carboxylic acids is 1. The molecule has 1 aromatic carbocycles. The van der Waals surface area contributed by atoms with Gasteiger partial charge in [0, 0.05) is 52.0 Å². The van der Waals surface area contributed by atoms with Crippen molar-refractivity contribution in [3.05, 3.63) is 30.3 Å². The first-order chi connectivity index (χ1) is 12.7. The minimum atomic E-state index is 0. The fraction of sp³-hybridized carbons (Fsp3) is 0.600. The number of nitrogens with zero attached hydrogens (tertiary/aromatic N) is 2. The van der Waals surface area contributed by atoms with E-state index in [1.165, 1.54) is 0 Å². The fourth-order valence-corrected chi connectivity index (χ4v) is 3.19. The van der Waals surface area contributed by atoms with Crippen LogP contribution >= 0.6 is 24.0 Å². The maximum atomic E-state index is 11.7. The van der Waals surface area contributed by atoms with E-state index in [1.54, 1.807) is 0 Å². The van der Waals surface area contributed by atoms with Crippen LogP contribution < -0.4 is 15.4 Å². The number of nitrogens with one attached hydrogen (secondary N) is 2. The van der Waals surface area contributed by atoms with Gasteiger partial charge in [0.05, 0.1) is 0 Å². The van der Waals surface area contributed by atoms with Crippen LogP contribution in [-0.4, -0.2) is 55.6 Å². The molecule has 6 nitrogen and oxygen atoms in total. The first-order valence-corrected chi connectivity index (χ1v) is 9.71. The molecule has 1 aromatic rings. The van der Waals surface area contributed by atoms with E-state index in [-0.39, 0.29) is 36.0 Å². The average Bonchev–Trinajstić information content (AvgIpc) is 3.47. The van der Waals surface area contributed by atoms with Crippen LogP contribution in [0.15, 0.2) is 35.3 Å². The molecule has 1 saturated carbocycles. The number of hydrogen-bond acceptors (Lipinski definition) is 3. The number of ether oxygens (including phenoxy) is 1. The first kappa shape index (κ1) is 21.8. The molecule has 1 amide bonds. The molecule has 0 spiro atoms. The number of halogens is 1. The van der Waals surface area contributed by atoms with E-state index in [9.17, 15) is 4.79 Å². The third kappa shape index (κ3) is 7.56. The molecule has 150 valence electrons. The predicted octanol–water partition coefficient (Wildman–Crippen LogP) is 2.78. The summed E-state index contributed by atoms with van der Waals surface area (Å²) in [7, 11) is 1.81. The number of piperidine rings is 1. The summed E-state index contributed by atoms with van der Waals surface area (Å²) < 4.78 is 6.05. The summed E-state index contributed by atoms with van der Waals surface area (Å²) in [5, 5.41) is 6.41. The second-order valence-electron chi connectivity index (χ2n) is 7.04. The summed E-state index contributed by atoms with van der Waals surface area (Å²) in [6.45, 7) is 2.63. The predicted molar refractivity (Wildman–Crippen MR) is 119 cm³/mol. The van der Waals surface area contributed by atoms with Gasteiger partial charge in [0.25, 0.3) is 0 Å². The Morgan fingerprint density at radius 3 is 2.52 bits per heavy atom. The van der Waals surface area contributed by atoms with E-state index in [2.05, 4.69) is 20.5 Å². The zero-order valence-electron chi connectivity index (χ0n) is 16.0. The summed E-state index contributed by atoms with van der Waals surface area (Å²) in [5.74, 6) is 2.03. The van der Waals surface area contributed by atoms with Gasteiger partial charge in [-0.25, -0.2) is 0 Å². The molecule has 0 radical (unpaired) electrons. The number of benzene rings is 1. The molecule has 1 aliphatic carbocycles. The fourth-order valence-electron chi connectivity index (χ4n) is 3.19. The van der Waals surface area contributed by atoms with Crippen LogP contribution in [0.4, 0.5) is 0 Å². The van der Waals surface area contributed by atoms with Gasteiger partial charge in [-0.1, -0.05) is 18.2 Å². The van der Waals surface area contributed by atoms with Crippen LogP contribution in [0.1, 0.15) is 38.5 Å². The highest BCUT2D eigenvalue weighted by atomic mass is 127. The molecule has 2 fully saturated rings. The summed E-state index contributed by atoms with van der Waals surface area (Å²) in [6.07, 6.45) is 5.91. The van der Waals surface area contributed by atoms with E-state index < -0.39 is 0 Å². The van der Waals surface area contributed by atoms with Crippen molar-refractivity contribution in [3.8, 4) is 5.75 Å². The molecule has 2 aliphatic rings. The zero-order chi connectivity index (χ0) is 18.2. The smallest absolute Gasteiger partial charge is 0.220 e. The molecule has 0 aromatic heterocycles. The molecule has 1 saturated heterocycles. The second kappa shape index (κ2) is 11.4. The van der Waals surface area contributed by atoms with Crippen LogP contribution in [0, 0.1) is 0 Å². The third-order valence-corrected chi connectivity index (χ3v) is 4.81. The normalized spacial score (nSPS) is 17.8. The lowest BCUT2D eigenvalue weighted by atomic mass is 10.1. The molecular formula is C20H31IN4O2. The molecule has 1 heterocycles. The quantitative estimate of drug-likeness (QED) is 0.269. The number of para-hydroxylation sites is 1. The van der Waals surface area contributed by atoms with Gasteiger partial charge in [-0.05, 0) is 31.4 Å². The third-order valence-electron chi connectivity index (χ3n) is 4.81. The Balaban J connectivity index is 0.00000261. The molecule has 1 aliphatic heterocycles. The van der Waals surface area contributed by atoms with Crippen molar-refractivity contribution < 1.29 is 9.53 Å². The highest BCUT2D eigenvalue weighted by Gasteiger charge is 2.24. The number of hydrogen-bond donors (Lipinski definition) is 2. The average molecular weight is 486 g/mol. The molecular weight excluding hydrogens is 455 g/mol. The Kier molecular flexibility index (Phi) is 9.17. The van der Waals surface area contributed by atoms with Gasteiger partial charge in [-0.2, -0.15) is 0 Å². The Morgan fingerprint density at radius 1 is 1.19 bits per heavy atom. The lowest BCUT2D eigenvalue weighted by Gasteiger charge is -2.34. The van der Waals surface area contributed by atoms with Crippen LogP contribution in [0.3, 0.4) is 0 Å². The highest BCUT2D eigenvalue weighted by Crippen LogP contribution is 2.19. The molecule has 7 heteroatoms.